The van der Waals surface area contributed by atoms with Crippen molar-refractivity contribution >= 4 is 37.9 Å². The Labute approximate surface area is 192 Å². The number of nitrogens with zero attached hydrogens (tertiary/aromatic N) is 3. The summed E-state index contributed by atoms with van der Waals surface area (Å²) in [5.41, 5.74) is 3.21. The number of carbonyl (C=O) groups excluding carboxylic acids is 1. The lowest BCUT2D eigenvalue weighted by molar-refractivity contribution is 0.0693. The van der Waals surface area contributed by atoms with Crippen LogP contribution in [0.15, 0.2) is 53.7 Å². The zero-order valence-corrected chi connectivity index (χ0v) is 19.7. The van der Waals surface area contributed by atoms with Crippen molar-refractivity contribution in [3.63, 3.8) is 0 Å². The van der Waals surface area contributed by atoms with Gasteiger partial charge in [0.05, 0.1) is 0 Å². The third-order valence-electron chi connectivity index (χ3n) is 6.28. The molecular weight excluding hydrogens is 438 g/mol. The summed E-state index contributed by atoms with van der Waals surface area (Å²) in [6.45, 7) is 7.63. The second-order valence-corrected chi connectivity index (χ2v) is 11.4. The first-order valence-electron chi connectivity index (χ1n) is 11.0. The third-order valence-corrected chi connectivity index (χ3v) is 8.21. The van der Waals surface area contributed by atoms with E-state index in [0.29, 0.717) is 29.8 Å². The minimum atomic E-state index is -3.68. The summed E-state index contributed by atoms with van der Waals surface area (Å²) in [5, 5.41) is 1.56. The number of amides is 1. The highest BCUT2D eigenvalue weighted by molar-refractivity contribution is 7.89. The molecule has 1 aromatic carbocycles. The van der Waals surface area contributed by atoms with Gasteiger partial charge in [0.25, 0.3) is 5.91 Å². The van der Waals surface area contributed by atoms with E-state index >= 15 is 0 Å². The Kier molecular flexibility index (Phi) is 5.06. The summed E-state index contributed by atoms with van der Waals surface area (Å²) in [4.78, 5) is 25.4. The molecule has 0 radical (unpaired) electrons. The van der Waals surface area contributed by atoms with Crippen LogP contribution in [0.3, 0.4) is 0 Å². The Balaban J connectivity index is 1.32. The van der Waals surface area contributed by atoms with Gasteiger partial charge in [0, 0.05) is 54.9 Å². The second kappa shape index (κ2) is 7.71. The second-order valence-electron chi connectivity index (χ2n) is 9.48. The average molecular weight is 466 g/mol. The molecule has 4 heterocycles. The standard InChI is InChI=1S/C24H27N5O3S/c1-24(2,3)17-7-6-16-13-20(27-19(16)14-17)23(30)28-9-11-29(12-10-28)33(31,32)21-15-26-22-18(21)5-4-8-25-22/h4-8,13-15,27H,9-12H2,1-3H3,(H,25,26). The van der Waals surface area contributed by atoms with E-state index in [1.807, 2.05) is 12.1 Å². The van der Waals surface area contributed by atoms with Gasteiger partial charge in [-0.1, -0.05) is 32.9 Å². The first-order valence-corrected chi connectivity index (χ1v) is 12.4. The number of aromatic nitrogens is 3. The highest BCUT2D eigenvalue weighted by atomic mass is 32.2. The molecule has 1 amide bonds. The number of aromatic amines is 2. The van der Waals surface area contributed by atoms with Crippen LogP contribution in [0.2, 0.25) is 0 Å². The van der Waals surface area contributed by atoms with Gasteiger partial charge in [-0.2, -0.15) is 4.31 Å². The van der Waals surface area contributed by atoms with E-state index in [0.717, 1.165) is 10.9 Å². The number of benzene rings is 1. The van der Waals surface area contributed by atoms with Crippen molar-refractivity contribution in [1.82, 2.24) is 24.2 Å². The molecule has 0 atom stereocenters. The van der Waals surface area contributed by atoms with Gasteiger partial charge in [0.15, 0.2) is 0 Å². The molecule has 0 bridgehead atoms. The summed E-state index contributed by atoms with van der Waals surface area (Å²) in [7, 11) is -3.68. The van der Waals surface area contributed by atoms with E-state index in [1.165, 1.54) is 16.1 Å². The summed E-state index contributed by atoms with van der Waals surface area (Å²) in [6, 6.07) is 11.5. The number of hydrogen-bond donors (Lipinski definition) is 2. The first-order chi connectivity index (χ1) is 15.6. The molecule has 0 saturated carbocycles. The summed E-state index contributed by atoms with van der Waals surface area (Å²) >= 11 is 0. The third kappa shape index (κ3) is 3.81. The van der Waals surface area contributed by atoms with E-state index in [-0.39, 0.29) is 29.3 Å². The van der Waals surface area contributed by atoms with Crippen molar-refractivity contribution in [2.45, 2.75) is 31.1 Å². The topological polar surface area (TPSA) is 102 Å². The molecule has 1 aliphatic heterocycles. The molecular formula is C24H27N5O3S. The number of sulfonamides is 1. The molecule has 4 aromatic rings. The maximum absolute atomic E-state index is 13.2. The molecule has 172 valence electrons. The van der Waals surface area contributed by atoms with Gasteiger partial charge >= 0.3 is 0 Å². The van der Waals surface area contributed by atoms with Crippen molar-refractivity contribution in [1.29, 1.82) is 0 Å². The van der Waals surface area contributed by atoms with Crippen LogP contribution in [0.4, 0.5) is 0 Å². The molecule has 9 heteroatoms. The van der Waals surface area contributed by atoms with E-state index in [2.05, 4.69) is 47.9 Å². The molecule has 1 fully saturated rings. The number of fused-ring (bicyclic) bond motifs is 2. The minimum Gasteiger partial charge on any atom is -0.351 e. The molecule has 1 aliphatic rings. The number of nitrogens with one attached hydrogen (secondary N) is 2. The largest absolute Gasteiger partial charge is 0.351 e. The maximum Gasteiger partial charge on any atom is 0.270 e. The van der Waals surface area contributed by atoms with E-state index in [9.17, 15) is 13.2 Å². The van der Waals surface area contributed by atoms with Gasteiger partial charge < -0.3 is 14.9 Å². The Morgan fingerprint density at radius 3 is 2.55 bits per heavy atom. The predicted octanol–water partition coefficient (Wildman–Crippen LogP) is 3.49. The van der Waals surface area contributed by atoms with Crippen molar-refractivity contribution < 1.29 is 13.2 Å². The number of pyridine rings is 1. The quantitative estimate of drug-likeness (QED) is 0.483. The van der Waals surface area contributed by atoms with Crippen LogP contribution in [0.5, 0.6) is 0 Å². The van der Waals surface area contributed by atoms with Crippen molar-refractivity contribution in [3.05, 3.63) is 60.0 Å². The Bertz CT molecular complexity index is 1450. The zero-order chi connectivity index (χ0) is 23.4. The van der Waals surface area contributed by atoms with Crippen LogP contribution in [-0.4, -0.2) is 64.7 Å². The van der Waals surface area contributed by atoms with Gasteiger partial charge in [-0.3, -0.25) is 4.79 Å². The predicted molar refractivity (Wildman–Crippen MR) is 128 cm³/mol. The van der Waals surface area contributed by atoms with Crippen LogP contribution < -0.4 is 0 Å². The summed E-state index contributed by atoms with van der Waals surface area (Å²) in [5.74, 6) is -0.114. The normalized spacial score (nSPS) is 16.0. The highest BCUT2D eigenvalue weighted by Gasteiger charge is 2.32. The fourth-order valence-corrected chi connectivity index (χ4v) is 5.87. The lowest BCUT2D eigenvalue weighted by Gasteiger charge is -2.33. The van der Waals surface area contributed by atoms with Crippen LogP contribution in [0, 0.1) is 0 Å². The lowest BCUT2D eigenvalue weighted by Crippen LogP contribution is -2.50. The Morgan fingerprint density at radius 2 is 1.82 bits per heavy atom. The molecule has 0 aliphatic carbocycles. The van der Waals surface area contributed by atoms with Crippen LogP contribution >= 0.6 is 0 Å². The van der Waals surface area contributed by atoms with E-state index < -0.39 is 10.0 Å². The number of piperazine rings is 1. The highest BCUT2D eigenvalue weighted by Crippen LogP contribution is 2.28. The fraction of sp³-hybridized carbons (Fsp3) is 0.333. The maximum atomic E-state index is 13.2. The summed E-state index contributed by atoms with van der Waals surface area (Å²) in [6.07, 6.45) is 3.11. The number of carbonyl (C=O) groups is 1. The Hall–Kier alpha value is -3.17. The van der Waals surface area contributed by atoms with E-state index in [1.54, 1.807) is 23.2 Å². The van der Waals surface area contributed by atoms with Crippen molar-refractivity contribution in [3.8, 4) is 0 Å². The molecule has 0 unspecified atom stereocenters. The summed E-state index contributed by atoms with van der Waals surface area (Å²) < 4.78 is 27.9. The molecule has 33 heavy (non-hydrogen) atoms. The zero-order valence-electron chi connectivity index (χ0n) is 18.9. The number of H-pyrrole nitrogens is 2. The SMILES string of the molecule is CC(C)(C)c1ccc2cc(C(=O)N3CCN(S(=O)(=O)c4c[nH]c5ncccc45)CC3)[nH]c2c1. The number of rotatable bonds is 3. The molecule has 8 nitrogen and oxygen atoms in total. The smallest absolute Gasteiger partial charge is 0.270 e. The van der Waals surface area contributed by atoms with Gasteiger partial charge in [-0.05, 0) is 35.2 Å². The van der Waals surface area contributed by atoms with Gasteiger partial charge in [0.1, 0.15) is 16.2 Å². The van der Waals surface area contributed by atoms with Gasteiger partial charge in [-0.25, -0.2) is 13.4 Å². The van der Waals surface area contributed by atoms with Crippen LogP contribution in [-0.2, 0) is 15.4 Å². The lowest BCUT2D eigenvalue weighted by atomic mass is 9.87. The van der Waals surface area contributed by atoms with Gasteiger partial charge in [0.2, 0.25) is 10.0 Å². The van der Waals surface area contributed by atoms with Crippen molar-refractivity contribution in [2.24, 2.45) is 0 Å². The Morgan fingerprint density at radius 1 is 1.06 bits per heavy atom. The molecule has 0 spiro atoms. The van der Waals surface area contributed by atoms with Crippen LogP contribution in [0.1, 0.15) is 36.8 Å². The van der Waals surface area contributed by atoms with Crippen molar-refractivity contribution in [2.75, 3.05) is 26.2 Å². The van der Waals surface area contributed by atoms with E-state index in [4.69, 9.17) is 0 Å². The molecule has 5 rings (SSSR count). The molecule has 1 saturated heterocycles. The fourth-order valence-electron chi connectivity index (χ4n) is 4.29. The molecule has 2 N–H and O–H groups in total. The minimum absolute atomic E-state index is 0.0200. The monoisotopic (exact) mass is 465 g/mol. The van der Waals surface area contributed by atoms with Gasteiger partial charge in [-0.15, -0.1) is 0 Å². The number of hydrogen-bond acceptors (Lipinski definition) is 4. The molecule has 3 aromatic heterocycles. The first kappa shape index (κ1) is 21.7. The van der Waals surface area contributed by atoms with Crippen LogP contribution in [0.25, 0.3) is 21.9 Å². The average Bonchev–Trinajstić information content (AvgIpc) is 3.42.